The van der Waals surface area contributed by atoms with Crippen molar-refractivity contribution in [2.24, 2.45) is 0 Å². The summed E-state index contributed by atoms with van der Waals surface area (Å²) in [5.41, 5.74) is 3.90. The van der Waals surface area contributed by atoms with E-state index in [1.165, 1.54) is 12.1 Å². The van der Waals surface area contributed by atoms with Crippen LogP contribution in [0.1, 0.15) is 43.6 Å². The third-order valence-electron chi connectivity index (χ3n) is 7.37. The van der Waals surface area contributed by atoms with E-state index < -0.39 is 17.1 Å². The van der Waals surface area contributed by atoms with Crippen molar-refractivity contribution in [2.45, 2.75) is 19.3 Å². The number of hydrogen-bond acceptors (Lipinski definition) is 6. The standard InChI is InChI=1S/C35H27N3O5/c39-34-31-22-29(38(41)42)18-21-32(31)36(23-25-10-4-1-5-11-25)33(37(34)24-26-12-6-2-7-13-26)27-16-19-30(20-17-27)43-35(40)28-14-8-3-9-15-28/h1-22,33H,23-24H2/t33-/m1/s1. The van der Waals surface area contributed by atoms with Crippen LogP contribution in [0.2, 0.25) is 0 Å². The zero-order valence-corrected chi connectivity index (χ0v) is 23.1. The minimum Gasteiger partial charge on any atom is -0.423 e. The quantitative estimate of drug-likeness (QED) is 0.0851. The van der Waals surface area contributed by atoms with Crippen LogP contribution in [0.3, 0.4) is 0 Å². The molecule has 5 aromatic carbocycles. The number of carbonyl (C=O) groups excluding carboxylic acids is 2. The fraction of sp³-hybridized carbons (Fsp3) is 0.0857. The number of benzene rings is 5. The van der Waals surface area contributed by atoms with Gasteiger partial charge in [0, 0.05) is 25.2 Å². The number of rotatable bonds is 8. The highest BCUT2D eigenvalue weighted by molar-refractivity contribution is 6.02. The van der Waals surface area contributed by atoms with Crippen LogP contribution < -0.4 is 9.64 Å². The number of fused-ring (bicyclic) bond motifs is 1. The van der Waals surface area contributed by atoms with Gasteiger partial charge >= 0.3 is 5.97 Å². The highest BCUT2D eigenvalue weighted by Gasteiger charge is 2.39. The predicted molar refractivity (Wildman–Crippen MR) is 163 cm³/mol. The maximum absolute atomic E-state index is 14.2. The topological polar surface area (TPSA) is 93.0 Å². The Bertz CT molecular complexity index is 1760. The van der Waals surface area contributed by atoms with Crippen molar-refractivity contribution in [3.63, 3.8) is 0 Å². The highest BCUT2D eigenvalue weighted by Crippen LogP contribution is 2.42. The van der Waals surface area contributed by atoms with Crippen molar-refractivity contribution < 1.29 is 19.2 Å². The van der Waals surface area contributed by atoms with Crippen LogP contribution in [0.15, 0.2) is 133 Å². The van der Waals surface area contributed by atoms with Crippen molar-refractivity contribution in [3.8, 4) is 5.75 Å². The number of non-ortho nitro benzene ring substituents is 1. The lowest BCUT2D eigenvalue weighted by molar-refractivity contribution is -0.384. The molecule has 1 aliphatic rings. The summed E-state index contributed by atoms with van der Waals surface area (Å²) in [4.78, 5) is 41.8. The molecule has 6 rings (SSSR count). The van der Waals surface area contributed by atoms with Crippen LogP contribution in [0.25, 0.3) is 0 Å². The van der Waals surface area contributed by atoms with Crippen LogP contribution in [-0.4, -0.2) is 21.7 Å². The van der Waals surface area contributed by atoms with Gasteiger partial charge in [0.15, 0.2) is 0 Å². The Balaban J connectivity index is 1.43. The molecule has 0 radical (unpaired) electrons. The minimum atomic E-state index is -0.555. The summed E-state index contributed by atoms with van der Waals surface area (Å²) in [6.07, 6.45) is -0.555. The van der Waals surface area contributed by atoms with E-state index in [0.29, 0.717) is 23.5 Å². The molecule has 1 aliphatic heterocycles. The molecule has 0 bridgehead atoms. The van der Waals surface area contributed by atoms with Crippen LogP contribution in [0.4, 0.5) is 11.4 Å². The lowest BCUT2D eigenvalue weighted by Gasteiger charge is -2.46. The van der Waals surface area contributed by atoms with E-state index in [4.69, 9.17) is 4.74 Å². The number of ether oxygens (including phenoxy) is 1. The second-order valence-corrected chi connectivity index (χ2v) is 10.2. The second kappa shape index (κ2) is 12.0. The van der Waals surface area contributed by atoms with Crippen molar-refractivity contribution in [3.05, 3.63) is 171 Å². The molecule has 0 aromatic heterocycles. The van der Waals surface area contributed by atoms with Gasteiger partial charge in [0.2, 0.25) is 0 Å². The van der Waals surface area contributed by atoms with E-state index in [1.807, 2.05) is 78.9 Å². The monoisotopic (exact) mass is 569 g/mol. The molecule has 5 aromatic rings. The van der Waals surface area contributed by atoms with Crippen molar-refractivity contribution in [2.75, 3.05) is 4.90 Å². The van der Waals surface area contributed by atoms with Crippen molar-refractivity contribution in [1.29, 1.82) is 0 Å². The minimum absolute atomic E-state index is 0.144. The zero-order chi connectivity index (χ0) is 29.8. The summed E-state index contributed by atoms with van der Waals surface area (Å²) >= 11 is 0. The number of esters is 1. The fourth-order valence-electron chi connectivity index (χ4n) is 5.32. The molecule has 1 heterocycles. The molecule has 0 N–H and O–H groups in total. The summed E-state index contributed by atoms with van der Waals surface area (Å²) in [7, 11) is 0. The summed E-state index contributed by atoms with van der Waals surface area (Å²) in [5, 5.41) is 11.7. The maximum atomic E-state index is 14.2. The molecule has 0 unspecified atom stereocenters. The van der Waals surface area contributed by atoms with Gasteiger partial charge in [-0.15, -0.1) is 0 Å². The number of hydrogen-bond donors (Lipinski definition) is 0. The number of nitro benzene ring substituents is 1. The van der Waals surface area contributed by atoms with Gasteiger partial charge in [-0.1, -0.05) is 91.0 Å². The van der Waals surface area contributed by atoms with Crippen molar-refractivity contribution >= 4 is 23.3 Å². The third kappa shape index (κ3) is 5.85. The van der Waals surface area contributed by atoms with Gasteiger partial charge in [-0.25, -0.2) is 4.79 Å². The van der Waals surface area contributed by atoms with E-state index in [1.54, 1.807) is 47.4 Å². The Kier molecular flexibility index (Phi) is 7.65. The molecular formula is C35H27N3O5. The summed E-state index contributed by atoms with van der Waals surface area (Å²) in [5.74, 6) is -0.399. The third-order valence-corrected chi connectivity index (χ3v) is 7.37. The molecule has 0 spiro atoms. The lowest BCUT2D eigenvalue weighted by Crippen LogP contribution is -2.48. The molecule has 0 saturated carbocycles. The second-order valence-electron chi connectivity index (χ2n) is 10.2. The molecule has 43 heavy (non-hydrogen) atoms. The maximum Gasteiger partial charge on any atom is 0.343 e. The van der Waals surface area contributed by atoms with E-state index in [0.717, 1.165) is 16.7 Å². The van der Waals surface area contributed by atoms with E-state index in [9.17, 15) is 19.7 Å². The normalized spacial score (nSPS) is 14.2. The zero-order valence-electron chi connectivity index (χ0n) is 23.1. The van der Waals surface area contributed by atoms with Gasteiger partial charge in [0.25, 0.3) is 11.6 Å². The first kappa shape index (κ1) is 27.4. The summed E-state index contributed by atoms with van der Waals surface area (Å²) in [6, 6.07) is 39.8. The average molecular weight is 570 g/mol. The number of nitro groups is 1. The van der Waals surface area contributed by atoms with Gasteiger partial charge in [-0.3, -0.25) is 14.9 Å². The predicted octanol–water partition coefficient (Wildman–Crippen LogP) is 7.18. The smallest absolute Gasteiger partial charge is 0.343 e. The van der Waals surface area contributed by atoms with Gasteiger partial charge in [0.05, 0.1) is 21.7 Å². The van der Waals surface area contributed by atoms with Gasteiger partial charge in [-0.05, 0) is 47.0 Å². The first-order valence-electron chi connectivity index (χ1n) is 13.8. The van der Waals surface area contributed by atoms with Crippen LogP contribution in [-0.2, 0) is 13.1 Å². The molecule has 0 aliphatic carbocycles. The number of carbonyl (C=O) groups is 2. The van der Waals surface area contributed by atoms with Crippen LogP contribution in [0.5, 0.6) is 5.75 Å². The van der Waals surface area contributed by atoms with Gasteiger partial charge in [-0.2, -0.15) is 0 Å². The van der Waals surface area contributed by atoms with E-state index in [-0.39, 0.29) is 23.7 Å². The van der Waals surface area contributed by atoms with E-state index in [2.05, 4.69) is 4.90 Å². The van der Waals surface area contributed by atoms with E-state index >= 15 is 0 Å². The largest absolute Gasteiger partial charge is 0.423 e. The SMILES string of the molecule is O=C(Oc1ccc([C@H]2N(Cc3ccccc3)C(=O)c3cc([N+](=O)[O-])ccc3N2Cc2ccccc2)cc1)c1ccccc1. The highest BCUT2D eigenvalue weighted by atomic mass is 16.6. The molecule has 8 heteroatoms. The Morgan fingerprint density at radius 2 is 1.28 bits per heavy atom. The van der Waals surface area contributed by atoms with Crippen LogP contribution in [0, 0.1) is 10.1 Å². The van der Waals surface area contributed by atoms with Crippen LogP contribution >= 0.6 is 0 Å². The Hall–Kier alpha value is -5.76. The Labute approximate surface area is 248 Å². The number of amides is 1. The number of anilines is 1. The summed E-state index contributed by atoms with van der Waals surface area (Å²) < 4.78 is 5.60. The van der Waals surface area contributed by atoms with Gasteiger partial charge in [0.1, 0.15) is 11.9 Å². The van der Waals surface area contributed by atoms with Gasteiger partial charge < -0.3 is 14.5 Å². The first-order valence-corrected chi connectivity index (χ1v) is 13.8. The summed E-state index contributed by atoms with van der Waals surface area (Å²) in [6.45, 7) is 0.724. The molecule has 0 saturated heterocycles. The molecule has 212 valence electrons. The lowest BCUT2D eigenvalue weighted by atomic mass is 9.98. The molecule has 0 fully saturated rings. The molecule has 8 nitrogen and oxygen atoms in total. The molecule has 1 amide bonds. The Morgan fingerprint density at radius 1 is 0.721 bits per heavy atom. The van der Waals surface area contributed by atoms with Crippen molar-refractivity contribution in [1.82, 2.24) is 4.90 Å². The number of nitrogens with zero attached hydrogens (tertiary/aromatic N) is 3. The fourth-order valence-corrected chi connectivity index (χ4v) is 5.32. The molecular weight excluding hydrogens is 542 g/mol. The average Bonchev–Trinajstić information content (AvgIpc) is 3.05. The Morgan fingerprint density at radius 3 is 1.86 bits per heavy atom. The first-order chi connectivity index (χ1) is 21.0. The molecule has 1 atom stereocenters.